The van der Waals surface area contributed by atoms with Gasteiger partial charge in [-0.3, -0.25) is 0 Å². The molecule has 0 bridgehead atoms. The summed E-state index contributed by atoms with van der Waals surface area (Å²) in [5, 5.41) is 1.83. The van der Waals surface area contributed by atoms with Crippen molar-refractivity contribution < 1.29 is 9.47 Å². The monoisotopic (exact) mass is 403 g/mol. The first-order valence-corrected chi connectivity index (χ1v) is 9.80. The molecule has 146 valence electrons. The molecule has 0 saturated carbocycles. The minimum atomic E-state index is 0.492. The Morgan fingerprint density at radius 1 is 0.897 bits per heavy atom. The van der Waals surface area contributed by atoms with Crippen molar-refractivity contribution in [3.05, 3.63) is 94.6 Å². The molecular formula is C25H22ClNO2. The summed E-state index contributed by atoms with van der Waals surface area (Å²) in [4.78, 5) is 0. The number of halogens is 1. The number of benzene rings is 3. The fourth-order valence-corrected chi connectivity index (χ4v) is 3.52. The number of aromatic nitrogens is 1. The predicted octanol–water partition coefficient (Wildman–Crippen LogP) is 6.59. The first-order valence-electron chi connectivity index (χ1n) is 9.42. The van der Waals surface area contributed by atoms with Crippen LogP contribution in [0.4, 0.5) is 0 Å². The fourth-order valence-electron chi connectivity index (χ4n) is 3.32. The van der Waals surface area contributed by atoms with Gasteiger partial charge in [0, 0.05) is 29.2 Å². The van der Waals surface area contributed by atoms with Crippen LogP contribution in [0.25, 0.3) is 23.1 Å². The van der Waals surface area contributed by atoms with Gasteiger partial charge in [-0.15, -0.1) is 0 Å². The van der Waals surface area contributed by atoms with Crippen molar-refractivity contribution in [3.63, 3.8) is 0 Å². The Balaban J connectivity index is 1.65. The molecule has 0 amide bonds. The first kappa shape index (κ1) is 19.2. The Kier molecular flexibility index (Phi) is 5.59. The van der Waals surface area contributed by atoms with Gasteiger partial charge in [-0.1, -0.05) is 66.2 Å². The molecule has 4 heteroatoms. The second kappa shape index (κ2) is 8.46. The summed E-state index contributed by atoms with van der Waals surface area (Å²) >= 11 is 6.26. The zero-order valence-electron chi connectivity index (χ0n) is 16.4. The standard InChI is InChI=1S/C25H22ClNO2/c1-27-21(13-12-19-10-6-7-11-22(19)26)14-20-15-24(28-2)25(16-23(20)27)29-17-18-8-4-3-5-9-18/h3-16H,17H2,1-2H3. The Morgan fingerprint density at radius 2 is 1.66 bits per heavy atom. The van der Waals surface area contributed by atoms with Gasteiger partial charge in [-0.05, 0) is 35.4 Å². The lowest BCUT2D eigenvalue weighted by atomic mass is 10.2. The molecule has 0 fully saturated rings. The maximum Gasteiger partial charge on any atom is 0.163 e. The van der Waals surface area contributed by atoms with Crippen molar-refractivity contribution in [3.8, 4) is 11.5 Å². The molecule has 0 atom stereocenters. The average Bonchev–Trinajstić information content (AvgIpc) is 3.06. The molecule has 3 nitrogen and oxygen atoms in total. The minimum Gasteiger partial charge on any atom is -0.493 e. The number of nitrogens with zero attached hydrogens (tertiary/aromatic N) is 1. The quantitative estimate of drug-likeness (QED) is 0.362. The second-order valence-corrected chi connectivity index (χ2v) is 7.23. The highest BCUT2D eigenvalue weighted by Crippen LogP contribution is 2.34. The highest BCUT2D eigenvalue weighted by atomic mass is 35.5. The summed E-state index contributed by atoms with van der Waals surface area (Å²) in [6, 6.07) is 24.1. The molecule has 0 spiro atoms. The normalized spacial score (nSPS) is 11.3. The lowest BCUT2D eigenvalue weighted by Gasteiger charge is -2.12. The Morgan fingerprint density at radius 3 is 2.41 bits per heavy atom. The highest BCUT2D eigenvalue weighted by molar-refractivity contribution is 6.32. The molecular weight excluding hydrogens is 382 g/mol. The van der Waals surface area contributed by atoms with E-state index in [-0.39, 0.29) is 0 Å². The van der Waals surface area contributed by atoms with Crippen LogP contribution in [-0.4, -0.2) is 11.7 Å². The average molecular weight is 404 g/mol. The SMILES string of the molecule is COc1cc2cc(C=Cc3ccccc3Cl)n(C)c2cc1OCc1ccccc1. The fraction of sp³-hybridized carbons (Fsp3) is 0.120. The number of hydrogen-bond acceptors (Lipinski definition) is 2. The van der Waals surface area contributed by atoms with Gasteiger partial charge in [0.1, 0.15) is 6.61 Å². The molecule has 4 aromatic rings. The van der Waals surface area contributed by atoms with Gasteiger partial charge < -0.3 is 14.0 Å². The van der Waals surface area contributed by atoms with Crippen LogP contribution >= 0.6 is 11.6 Å². The van der Waals surface area contributed by atoms with E-state index in [0.29, 0.717) is 6.61 Å². The molecule has 3 aromatic carbocycles. The Bertz CT molecular complexity index is 1160. The third-order valence-electron chi connectivity index (χ3n) is 4.94. The number of fused-ring (bicyclic) bond motifs is 1. The molecule has 4 rings (SSSR count). The lowest BCUT2D eigenvalue weighted by Crippen LogP contribution is -1.98. The van der Waals surface area contributed by atoms with E-state index >= 15 is 0 Å². The largest absolute Gasteiger partial charge is 0.493 e. The molecule has 0 unspecified atom stereocenters. The van der Waals surface area contributed by atoms with Gasteiger partial charge >= 0.3 is 0 Å². The van der Waals surface area contributed by atoms with Crippen molar-refractivity contribution >= 4 is 34.7 Å². The van der Waals surface area contributed by atoms with Gasteiger partial charge in [0.25, 0.3) is 0 Å². The number of rotatable bonds is 6. The summed E-state index contributed by atoms with van der Waals surface area (Å²) < 4.78 is 13.8. The number of hydrogen-bond donors (Lipinski definition) is 0. The van der Waals surface area contributed by atoms with E-state index in [1.807, 2.05) is 79.9 Å². The molecule has 0 aliphatic heterocycles. The maximum absolute atomic E-state index is 6.26. The van der Waals surface area contributed by atoms with Crippen LogP contribution in [0.2, 0.25) is 5.02 Å². The number of ether oxygens (including phenoxy) is 2. The van der Waals surface area contributed by atoms with Crippen molar-refractivity contribution in [1.82, 2.24) is 4.57 Å². The predicted molar refractivity (Wildman–Crippen MR) is 121 cm³/mol. The van der Waals surface area contributed by atoms with Crippen LogP contribution in [0.3, 0.4) is 0 Å². The molecule has 0 saturated heterocycles. The van der Waals surface area contributed by atoms with Crippen molar-refractivity contribution in [2.24, 2.45) is 7.05 Å². The second-order valence-electron chi connectivity index (χ2n) is 6.82. The molecule has 0 radical (unpaired) electrons. The zero-order chi connectivity index (χ0) is 20.2. The lowest BCUT2D eigenvalue weighted by molar-refractivity contribution is 0.285. The number of aryl methyl sites for hydroxylation is 1. The van der Waals surface area contributed by atoms with Crippen LogP contribution in [0.15, 0.2) is 72.8 Å². The molecule has 0 aliphatic carbocycles. The van der Waals surface area contributed by atoms with E-state index in [4.69, 9.17) is 21.1 Å². The van der Waals surface area contributed by atoms with Crippen LogP contribution in [-0.2, 0) is 13.7 Å². The molecule has 29 heavy (non-hydrogen) atoms. The zero-order valence-corrected chi connectivity index (χ0v) is 17.2. The van der Waals surface area contributed by atoms with Crippen molar-refractivity contribution in [1.29, 1.82) is 0 Å². The van der Waals surface area contributed by atoms with Gasteiger partial charge in [-0.25, -0.2) is 0 Å². The Hall–Kier alpha value is -3.17. The van der Waals surface area contributed by atoms with E-state index < -0.39 is 0 Å². The van der Waals surface area contributed by atoms with Crippen LogP contribution in [0.5, 0.6) is 11.5 Å². The molecule has 0 N–H and O–H groups in total. The van der Waals surface area contributed by atoms with Gasteiger partial charge in [0.2, 0.25) is 0 Å². The third-order valence-corrected chi connectivity index (χ3v) is 5.29. The van der Waals surface area contributed by atoms with Gasteiger partial charge in [0.15, 0.2) is 11.5 Å². The first-order chi connectivity index (χ1) is 14.2. The number of methoxy groups -OCH3 is 1. The third kappa shape index (κ3) is 4.15. The summed E-state index contributed by atoms with van der Waals surface area (Å²) in [6.07, 6.45) is 4.10. The topological polar surface area (TPSA) is 23.4 Å². The summed E-state index contributed by atoms with van der Waals surface area (Å²) in [7, 11) is 3.71. The summed E-state index contributed by atoms with van der Waals surface area (Å²) in [5.41, 5.74) is 4.25. The van der Waals surface area contributed by atoms with Crippen molar-refractivity contribution in [2.45, 2.75) is 6.61 Å². The van der Waals surface area contributed by atoms with Gasteiger partial charge in [0.05, 0.1) is 12.6 Å². The maximum atomic E-state index is 6.26. The molecule has 0 aliphatic rings. The molecule has 1 aromatic heterocycles. The minimum absolute atomic E-state index is 0.492. The van der Waals surface area contributed by atoms with Crippen LogP contribution in [0, 0.1) is 0 Å². The Labute approximate surface area is 175 Å². The van der Waals surface area contributed by atoms with E-state index in [0.717, 1.165) is 44.2 Å². The molecule has 1 heterocycles. The van der Waals surface area contributed by atoms with E-state index in [1.54, 1.807) is 7.11 Å². The van der Waals surface area contributed by atoms with E-state index in [1.165, 1.54) is 0 Å². The smallest absolute Gasteiger partial charge is 0.163 e. The summed E-state index contributed by atoms with van der Waals surface area (Å²) in [5.74, 6) is 1.45. The van der Waals surface area contributed by atoms with Crippen molar-refractivity contribution in [2.75, 3.05) is 7.11 Å². The van der Waals surface area contributed by atoms with E-state index in [2.05, 4.69) is 16.7 Å². The van der Waals surface area contributed by atoms with Gasteiger partial charge in [-0.2, -0.15) is 0 Å². The van der Waals surface area contributed by atoms with Crippen LogP contribution < -0.4 is 9.47 Å². The van der Waals surface area contributed by atoms with E-state index in [9.17, 15) is 0 Å². The highest BCUT2D eigenvalue weighted by Gasteiger charge is 2.12. The van der Waals surface area contributed by atoms with Crippen LogP contribution in [0.1, 0.15) is 16.8 Å². The summed E-state index contributed by atoms with van der Waals surface area (Å²) in [6.45, 7) is 0.492.